The van der Waals surface area contributed by atoms with Crippen LogP contribution in [0.3, 0.4) is 0 Å². The summed E-state index contributed by atoms with van der Waals surface area (Å²) in [5.41, 5.74) is 2.86. The van der Waals surface area contributed by atoms with Gasteiger partial charge in [-0.25, -0.2) is 4.79 Å². The lowest BCUT2D eigenvalue weighted by Gasteiger charge is -2.24. The molecule has 0 fully saturated rings. The Labute approximate surface area is 143 Å². The summed E-state index contributed by atoms with van der Waals surface area (Å²) in [5.74, 6) is 0. The highest BCUT2D eigenvalue weighted by Gasteiger charge is 2.37. The van der Waals surface area contributed by atoms with Crippen LogP contribution in [0.1, 0.15) is 44.4 Å². The number of carbonyl (C=O) groups is 1. The lowest BCUT2D eigenvalue weighted by atomic mass is 9.95. The molecule has 1 aromatic rings. The summed E-state index contributed by atoms with van der Waals surface area (Å²) in [6.07, 6.45) is -9.05. The van der Waals surface area contributed by atoms with Crippen LogP contribution in [-0.4, -0.2) is 34.6 Å². The third-order valence-corrected chi connectivity index (χ3v) is 3.21. The third kappa shape index (κ3) is 6.43. The van der Waals surface area contributed by atoms with E-state index in [9.17, 15) is 28.2 Å². The van der Waals surface area contributed by atoms with Crippen molar-refractivity contribution in [2.45, 2.75) is 51.2 Å². The predicted octanol–water partition coefficient (Wildman–Crippen LogP) is 2.60. The molecule has 0 saturated heterocycles. The Morgan fingerprint density at radius 1 is 1.28 bits per heavy atom. The molecule has 0 spiro atoms. The van der Waals surface area contributed by atoms with Crippen LogP contribution >= 0.6 is 0 Å². The summed E-state index contributed by atoms with van der Waals surface area (Å²) in [5, 5.41) is 22.4. The molecule has 0 aliphatic rings. The number of rotatable bonds is 5. The SMILES string of the molecule is CC(C)(C)OC(=O)NCCC(O)C(O)c1c(N)cccc1C(F)(F)F. The zero-order valence-electron chi connectivity index (χ0n) is 14.2. The van der Waals surface area contributed by atoms with Crippen LogP contribution in [0.25, 0.3) is 0 Å². The largest absolute Gasteiger partial charge is 0.444 e. The van der Waals surface area contributed by atoms with Gasteiger partial charge in [0.15, 0.2) is 0 Å². The Bertz CT molecular complexity index is 600. The number of hydrogen-bond acceptors (Lipinski definition) is 5. The average molecular weight is 364 g/mol. The molecule has 5 N–H and O–H groups in total. The molecule has 2 atom stereocenters. The highest BCUT2D eigenvalue weighted by molar-refractivity contribution is 5.67. The summed E-state index contributed by atoms with van der Waals surface area (Å²) in [7, 11) is 0. The molecule has 6 nitrogen and oxygen atoms in total. The van der Waals surface area contributed by atoms with Gasteiger partial charge in [-0.2, -0.15) is 13.2 Å². The molecule has 1 amide bonds. The van der Waals surface area contributed by atoms with E-state index in [1.807, 2.05) is 0 Å². The van der Waals surface area contributed by atoms with Crippen molar-refractivity contribution in [3.63, 3.8) is 0 Å². The molecule has 2 unspecified atom stereocenters. The molecular weight excluding hydrogens is 341 g/mol. The van der Waals surface area contributed by atoms with Crippen LogP contribution in [0.4, 0.5) is 23.7 Å². The number of amides is 1. The maximum absolute atomic E-state index is 13.0. The molecule has 0 aromatic heterocycles. The number of carbonyl (C=O) groups excluding carboxylic acids is 1. The van der Waals surface area contributed by atoms with E-state index < -0.39 is 41.2 Å². The highest BCUT2D eigenvalue weighted by Crippen LogP contribution is 2.38. The molecule has 0 heterocycles. The first-order valence-electron chi connectivity index (χ1n) is 7.61. The summed E-state index contributed by atoms with van der Waals surface area (Å²) in [6, 6.07) is 3.10. The topological polar surface area (TPSA) is 105 Å². The number of alkyl carbamates (subject to hydrolysis) is 1. The van der Waals surface area contributed by atoms with E-state index in [-0.39, 0.29) is 18.7 Å². The molecule has 0 bridgehead atoms. The van der Waals surface area contributed by atoms with Crippen molar-refractivity contribution >= 4 is 11.8 Å². The van der Waals surface area contributed by atoms with Gasteiger partial charge in [0.2, 0.25) is 0 Å². The van der Waals surface area contributed by atoms with Crippen LogP contribution in [0, 0.1) is 0 Å². The Balaban J connectivity index is 2.75. The minimum absolute atomic E-state index is 0.0960. The number of nitrogen functional groups attached to an aromatic ring is 1. The second kappa shape index (κ2) is 7.92. The smallest absolute Gasteiger partial charge is 0.416 e. The monoisotopic (exact) mass is 364 g/mol. The molecule has 0 radical (unpaired) electrons. The number of benzene rings is 1. The Morgan fingerprint density at radius 2 is 1.88 bits per heavy atom. The number of halogens is 3. The maximum atomic E-state index is 13.0. The van der Waals surface area contributed by atoms with E-state index in [4.69, 9.17) is 10.5 Å². The van der Waals surface area contributed by atoms with Crippen LogP contribution in [0.5, 0.6) is 0 Å². The van der Waals surface area contributed by atoms with Crippen molar-refractivity contribution < 1.29 is 32.9 Å². The Hall–Kier alpha value is -2.00. The predicted molar refractivity (Wildman–Crippen MR) is 85.7 cm³/mol. The van der Waals surface area contributed by atoms with Gasteiger partial charge in [0.25, 0.3) is 0 Å². The van der Waals surface area contributed by atoms with Crippen LogP contribution in [0.2, 0.25) is 0 Å². The van der Waals surface area contributed by atoms with E-state index in [2.05, 4.69) is 5.32 Å². The van der Waals surface area contributed by atoms with Gasteiger partial charge in [-0.15, -0.1) is 0 Å². The van der Waals surface area contributed by atoms with E-state index in [1.165, 1.54) is 6.07 Å². The summed E-state index contributed by atoms with van der Waals surface area (Å²) in [4.78, 5) is 11.5. The Kier molecular flexibility index (Phi) is 6.67. The van der Waals surface area contributed by atoms with Crippen molar-refractivity contribution in [1.82, 2.24) is 5.32 Å². The zero-order valence-corrected chi connectivity index (χ0v) is 14.2. The van der Waals surface area contributed by atoms with Crippen LogP contribution in [-0.2, 0) is 10.9 Å². The number of aliphatic hydroxyl groups is 2. The van der Waals surface area contributed by atoms with E-state index >= 15 is 0 Å². The fraction of sp³-hybridized carbons (Fsp3) is 0.562. The molecule has 0 saturated carbocycles. The number of nitrogens with one attached hydrogen (secondary N) is 1. The summed E-state index contributed by atoms with van der Waals surface area (Å²) < 4.78 is 44.1. The molecular formula is C16H23F3N2O4. The van der Waals surface area contributed by atoms with E-state index in [0.29, 0.717) is 0 Å². The van der Waals surface area contributed by atoms with Gasteiger partial charge in [-0.1, -0.05) is 6.07 Å². The first kappa shape index (κ1) is 21.0. The molecule has 142 valence electrons. The molecule has 25 heavy (non-hydrogen) atoms. The fourth-order valence-corrected chi connectivity index (χ4v) is 2.15. The van der Waals surface area contributed by atoms with Crippen LogP contribution in [0.15, 0.2) is 18.2 Å². The molecule has 9 heteroatoms. The molecule has 0 aliphatic carbocycles. The quantitative estimate of drug-likeness (QED) is 0.601. The molecule has 0 aliphatic heterocycles. The van der Waals surface area contributed by atoms with Crippen molar-refractivity contribution in [1.29, 1.82) is 0 Å². The van der Waals surface area contributed by atoms with E-state index in [1.54, 1.807) is 20.8 Å². The number of alkyl halides is 3. The minimum Gasteiger partial charge on any atom is -0.444 e. The van der Waals surface area contributed by atoms with Gasteiger partial charge in [0.1, 0.15) is 11.7 Å². The van der Waals surface area contributed by atoms with Crippen molar-refractivity contribution in [2.24, 2.45) is 0 Å². The average Bonchev–Trinajstić information content (AvgIpc) is 2.43. The van der Waals surface area contributed by atoms with Gasteiger partial charge in [0, 0.05) is 17.8 Å². The summed E-state index contributed by atoms with van der Waals surface area (Å²) >= 11 is 0. The number of ether oxygens (including phenoxy) is 1. The van der Waals surface area contributed by atoms with Gasteiger partial charge in [-0.05, 0) is 39.3 Å². The summed E-state index contributed by atoms with van der Waals surface area (Å²) in [6.45, 7) is 4.91. The van der Waals surface area contributed by atoms with Crippen molar-refractivity contribution in [3.8, 4) is 0 Å². The van der Waals surface area contributed by atoms with Gasteiger partial charge in [0.05, 0.1) is 11.7 Å². The lowest BCUT2D eigenvalue weighted by molar-refractivity contribution is -0.139. The second-order valence-electron chi connectivity index (χ2n) is 6.54. The first-order valence-corrected chi connectivity index (χ1v) is 7.61. The molecule has 1 rings (SSSR count). The number of nitrogens with two attached hydrogens (primary N) is 1. The van der Waals surface area contributed by atoms with Crippen molar-refractivity contribution in [2.75, 3.05) is 12.3 Å². The standard InChI is InChI=1S/C16H23F3N2O4/c1-15(2,3)25-14(24)21-8-7-11(22)13(23)12-9(16(17,18)19)5-4-6-10(12)20/h4-6,11,13,22-23H,7-8,20H2,1-3H3,(H,21,24). The maximum Gasteiger partial charge on any atom is 0.416 e. The van der Waals surface area contributed by atoms with Crippen LogP contribution < -0.4 is 11.1 Å². The zero-order chi connectivity index (χ0) is 19.4. The fourth-order valence-electron chi connectivity index (χ4n) is 2.15. The minimum atomic E-state index is -4.72. The number of anilines is 1. The number of aliphatic hydroxyl groups excluding tert-OH is 2. The molecule has 1 aromatic carbocycles. The second-order valence-corrected chi connectivity index (χ2v) is 6.54. The van der Waals surface area contributed by atoms with Gasteiger partial charge < -0.3 is 26.0 Å². The normalized spacial score (nSPS) is 14.7. The van der Waals surface area contributed by atoms with Crippen molar-refractivity contribution in [3.05, 3.63) is 29.3 Å². The number of hydrogen-bond donors (Lipinski definition) is 4. The first-order chi connectivity index (χ1) is 11.3. The van der Waals surface area contributed by atoms with Gasteiger partial charge in [-0.3, -0.25) is 0 Å². The highest BCUT2D eigenvalue weighted by atomic mass is 19.4. The third-order valence-electron chi connectivity index (χ3n) is 3.21. The lowest BCUT2D eigenvalue weighted by Crippen LogP contribution is -2.35. The Morgan fingerprint density at radius 3 is 2.40 bits per heavy atom. The van der Waals surface area contributed by atoms with Gasteiger partial charge >= 0.3 is 12.3 Å². The van der Waals surface area contributed by atoms with E-state index in [0.717, 1.165) is 12.1 Å².